The molecule has 0 saturated heterocycles. The molecule has 1 atom stereocenters. The Morgan fingerprint density at radius 2 is 1.85 bits per heavy atom. The van der Waals surface area contributed by atoms with Crippen LogP contribution in [0.3, 0.4) is 0 Å². The van der Waals surface area contributed by atoms with Gasteiger partial charge in [0.1, 0.15) is 17.7 Å². The third kappa shape index (κ3) is 2.07. The number of aliphatic hydroxyl groups excluding tert-OH is 1. The Hall–Kier alpha value is -1.91. The van der Waals surface area contributed by atoms with Crippen LogP contribution in [0.15, 0.2) is 47.8 Å². The Morgan fingerprint density at radius 1 is 1.10 bits per heavy atom. The maximum absolute atomic E-state index is 13.8. The van der Waals surface area contributed by atoms with Crippen LogP contribution in [0.1, 0.15) is 16.5 Å². The van der Waals surface area contributed by atoms with Crippen LogP contribution in [0, 0.1) is 5.82 Å². The Bertz CT molecular complexity index is 751. The van der Waals surface area contributed by atoms with Crippen molar-refractivity contribution in [2.45, 2.75) is 6.10 Å². The van der Waals surface area contributed by atoms with Gasteiger partial charge in [-0.05, 0) is 28.5 Å². The highest BCUT2D eigenvalue weighted by Crippen LogP contribution is 2.37. The van der Waals surface area contributed by atoms with Crippen molar-refractivity contribution in [3.8, 4) is 5.75 Å². The van der Waals surface area contributed by atoms with E-state index < -0.39 is 6.10 Å². The van der Waals surface area contributed by atoms with Crippen LogP contribution >= 0.6 is 11.3 Å². The zero-order chi connectivity index (χ0) is 14.1. The quantitative estimate of drug-likeness (QED) is 0.785. The Balaban J connectivity index is 2.17. The summed E-state index contributed by atoms with van der Waals surface area (Å²) in [6, 6.07) is 12.0. The minimum absolute atomic E-state index is 0.283. The monoisotopic (exact) mass is 288 g/mol. The molecule has 1 unspecified atom stereocenters. The molecule has 3 rings (SSSR count). The molecule has 0 fully saturated rings. The van der Waals surface area contributed by atoms with Gasteiger partial charge in [-0.2, -0.15) is 0 Å². The van der Waals surface area contributed by atoms with Gasteiger partial charge >= 0.3 is 0 Å². The van der Waals surface area contributed by atoms with Crippen LogP contribution in [-0.2, 0) is 0 Å². The lowest BCUT2D eigenvalue weighted by molar-refractivity contribution is 0.220. The van der Waals surface area contributed by atoms with Crippen LogP contribution in [0.4, 0.5) is 4.39 Å². The number of methoxy groups -OCH3 is 1. The standard InChI is InChI=1S/C16H13FO2S/c1-19-14-8-9-20-16(14)15(18)12-6-7-13(17)11-5-3-2-4-10(11)12/h2-9,15,18H,1H3. The second-order valence-electron chi connectivity index (χ2n) is 4.44. The van der Waals surface area contributed by atoms with E-state index >= 15 is 0 Å². The predicted molar refractivity (Wildman–Crippen MR) is 78.8 cm³/mol. The van der Waals surface area contributed by atoms with Crippen LogP contribution in [0.2, 0.25) is 0 Å². The lowest BCUT2D eigenvalue weighted by Gasteiger charge is -2.14. The van der Waals surface area contributed by atoms with E-state index in [0.29, 0.717) is 16.7 Å². The highest BCUT2D eigenvalue weighted by molar-refractivity contribution is 7.10. The van der Waals surface area contributed by atoms with Crippen molar-refractivity contribution in [3.05, 3.63) is 64.1 Å². The van der Waals surface area contributed by atoms with E-state index in [1.807, 2.05) is 23.6 Å². The molecular weight excluding hydrogens is 275 g/mol. The summed E-state index contributed by atoms with van der Waals surface area (Å²) in [5, 5.41) is 13.7. The van der Waals surface area contributed by atoms with E-state index in [0.717, 1.165) is 10.3 Å². The second-order valence-corrected chi connectivity index (χ2v) is 5.39. The third-order valence-corrected chi connectivity index (χ3v) is 4.28. The smallest absolute Gasteiger partial charge is 0.135 e. The largest absolute Gasteiger partial charge is 0.495 e. The number of ether oxygens (including phenoxy) is 1. The Morgan fingerprint density at radius 3 is 2.60 bits per heavy atom. The van der Waals surface area contributed by atoms with Gasteiger partial charge in [0.2, 0.25) is 0 Å². The van der Waals surface area contributed by atoms with E-state index in [9.17, 15) is 9.50 Å². The first-order valence-electron chi connectivity index (χ1n) is 6.19. The van der Waals surface area contributed by atoms with Gasteiger partial charge < -0.3 is 9.84 Å². The van der Waals surface area contributed by atoms with Gasteiger partial charge in [-0.1, -0.05) is 30.3 Å². The average molecular weight is 288 g/mol. The fraction of sp³-hybridized carbons (Fsp3) is 0.125. The summed E-state index contributed by atoms with van der Waals surface area (Å²) in [4.78, 5) is 0.726. The highest BCUT2D eigenvalue weighted by atomic mass is 32.1. The maximum Gasteiger partial charge on any atom is 0.135 e. The van der Waals surface area contributed by atoms with Gasteiger partial charge in [-0.25, -0.2) is 4.39 Å². The molecule has 1 N–H and O–H groups in total. The van der Waals surface area contributed by atoms with Gasteiger partial charge in [-0.3, -0.25) is 0 Å². The van der Waals surface area contributed by atoms with Gasteiger partial charge in [0.15, 0.2) is 0 Å². The van der Waals surface area contributed by atoms with E-state index in [1.165, 1.54) is 17.4 Å². The minimum Gasteiger partial charge on any atom is -0.495 e. The summed E-state index contributed by atoms with van der Waals surface area (Å²) in [6.07, 6.45) is -0.824. The molecule has 4 heteroatoms. The van der Waals surface area contributed by atoms with E-state index in [-0.39, 0.29) is 5.82 Å². The van der Waals surface area contributed by atoms with Crippen molar-refractivity contribution in [2.75, 3.05) is 7.11 Å². The van der Waals surface area contributed by atoms with Gasteiger partial charge in [0, 0.05) is 5.39 Å². The highest BCUT2D eigenvalue weighted by Gasteiger charge is 2.19. The predicted octanol–water partition coefficient (Wildman–Crippen LogP) is 4.13. The number of aliphatic hydroxyl groups is 1. The molecule has 0 radical (unpaired) electrons. The fourth-order valence-electron chi connectivity index (χ4n) is 2.34. The number of hydrogen-bond donors (Lipinski definition) is 1. The lowest BCUT2D eigenvalue weighted by atomic mass is 9.99. The van der Waals surface area contributed by atoms with Crippen LogP contribution in [-0.4, -0.2) is 12.2 Å². The van der Waals surface area contributed by atoms with Crippen molar-refractivity contribution in [3.63, 3.8) is 0 Å². The summed E-state index contributed by atoms with van der Waals surface area (Å²) >= 11 is 1.42. The number of thiophene rings is 1. The molecule has 1 heterocycles. The first-order chi connectivity index (χ1) is 9.72. The zero-order valence-electron chi connectivity index (χ0n) is 10.8. The molecule has 0 amide bonds. The minimum atomic E-state index is -0.824. The molecule has 2 aromatic carbocycles. The van der Waals surface area contributed by atoms with Gasteiger partial charge in [0.05, 0.1) is 12.0 Å². The van der Waals surface area contributed by atoms with E-state index in [2.05, 4.69) is 0 Å². The number of benzene rings is 2. The molecule has 1 aromatic heterocycles. The summed E-state index contributed by atoms with van der Waals surface area (Å²) in [5.74, 6) is 0.366. The molecule has 0 bridgehead atoms. The van der Waals surface area contributed by atoms with Crippen molar-refractivity contribution >= 4 is 22.1 Å². The SMILES string of the molecule is COc1ccsc1C(O)c1ccc(F)c2ccccc12. The average Bonchev–Trinajstić information content (AvgIpc) is 2.96. The molecule has 0 spiro atoms. The first-order valence-corrected chi connectivity index (χ1v) is 7.07. The molecule has 102 valence electrons. The number of fused-ring (bicyclic) bond motifs is 1. The summed E-state index contributed by atoms with van der Waals surface area (Å²) in [7, 11) is 1.57. The Kier molecular flexibility index (Phi) is 3.42. The first kappa shape index (κ1) is 13.1. The van der Waals surface area contributed by atoms with E-state index in [4.69, 9.17) is 4.74 Å². The Labute approximate surface area is 120 Å². The fourth-order valence-corrected chi connectivity index (χ4v) is 3.20. The van der Waals surface area contributed by atoms with Crippen LogP contribution < -0.4 is 4.74 Å². The van der Waals surface area contributed by atoms with Crippen molar-refractivity contribution in [1.82, 2.24) is 0 Å². The topological polar surface area (TPSA) is 29.5 Å². The molecule has 0 aliphatic rings. The zero-order valence-corrected chi connectivity index (χ0v) is 11.7. The van der Waals surface area contributed by atoms with Crippen molar-refractivity contribution < 1.29 is 14.2 Å². The lowest BCUT2D eigenvalue weighted by Crippen LogP contribution is -2.01. The van der Waals surface area contributed by atoms with Crippen molar-refractivity contribution in [1.29, 1.82) is 0 Å². The molecule has 3 aromatic rings. The van der Waals surface area contributed by atoms with Gasteiger partial charge in [0.25, 0.3) is 0 Å². The van der Waals surface area contributed by atoms with Crippen LogP contribution in [0.5, 0.6) is 5.75 Å². The van der Waals surface area contributed by atoms with E-state index in [1.54, 1.807) is 25.3 Å². The maximum atomic E-state index is 13.8. The van der Waals surface area contributed by atoms with Crippen LogP contribution in [0.25, 0.3) is 10.8 Å². The normalized spacial score (nSPS) is 12.6. The molecular formula is C16H13FO2S. The molecule has 0 aliphatic heterocycles. The number of halogens is 1. The van der Waals surface area contributed by atoms with Gasteiger partial charge in [-0.15, -0.1) is 11.3 Å². The third-order valence-electron chi connectivity index (χ3n) is 3.32. The number of hydrogen-bond acceptors (Lipinski definition) is 3. The second kappa shape index (κ2) is 5.23. The van der Waals surface area contributed by atoms with Crippen molar-refractivity contribution in [2.24, 2.45) is 0 Å². The molecule has 0 saturated carbocycles. The molecule has 0 aliphatic carbocycles. The summed E-state index contributed by atoms with van der Waals surface area (Å²) in [6.45, 7) is 0. The number of rotatable bonds is 3. The summed E-state index contributed by atoms with van der Waals surface area (Å²) in [5.41, 5.74) is 0.683. The molecule has 20 heavy (non-hydrogen) atoms. The molecule has 2 nitrogen and oxygen atoms in total. The summed E-state index contributed by atoms with van der Waals surface area (Å²) < 4.78 is 19.1.